The summed E-state index contributed by atoms with van der Waals surface area (Å²) in [6.45, 7) is 1.38. The number of carbonyl (C=O) groups is 1. The third kappa shape index (κ3) is 2.77. The molecule has 1 aliphatic heterocycles. The molecule has 1 aromatic carbocycles. The van der Waals surface area contributed by atoms with Gasteiger partial charge in [-0.25, -0.2) is 0 Å². The van der Waals surface area contributed by atoms with Crippen molar-refractivity contribution >= 4 is 5.97 Å². The molecule has 4 heteroatoms. The quantitative estimate of drug-likeness (QED) is 0.925. The van der Waals surface area contributed by atoms with Crippen molar-refractivity contribution in [1.82, 2.24) is 0 Å². The van der Waals surface area contributed by atoms with Gasteiger partial charge in [-0.1, -0.05) is 31.0 Å². The molecule has 1 heterocycles. The summed E-state index contributed by atoms with van der Waals surface area (Å²) in [5, 5.41) is 9.77. The largest absolute Gasteiger partial charge is 0.488 e. The monoisotopic (exact) mass is 290 g/mol. The number of carboxylic acid groups (broad SMARTS) is 1. The summed E-state index contributed by atoms with van der Waals surface area (Å²) in [4.78, 5) is 11.9. The third-order valence-electron chi connectivity index (χ3n) is 4.68. The average molecular weight is 290 g/mol. The first-order chi connectivity index (χ1) is 10.2. The maximum absolute atomic E-state index is 11.9. The Labute approximate surface area is 125 Å². The highest BCUT2D eigenvalue weighted by molar-refractivity contribution is 5.83. The molecule has 1 saturated carbocycles. The van der Waals surface area contributed by atoms with E-state index < -0.39 is 11.4 Å². The summed E-state index contributed by atoms with van der Waals surface area (Å²) in [5.41, 5.74) is 0.0622. The zero-order chi connectivity index (χ0) is 14.7. The van der Waals surface area contributed by atoms with Gasteiger partial charge in [0.1, 0.15) is 11.9 Å². The highest BCUT2D eigenvalue weighted by Crippen LogP contribution is 2.45. The molecule has 21 heavy (non-hydrogen) atoms. The fourth-order valence-electron chi connectivity index (χ4n) is 3.53. The normalized spacial score (nSPS) is 24.7. The topological polar surface area (TPSA) is 55.8 Å². The van der Waals surface area contributed by atoms with Gasteiger partial charge in [0.25, 0.3) is 0 Å². The molecule has 0 radical (unpaired) electrons. The van der Waals surface area contributed by atoms with E-state index >= 15 is 0 Å². The van der Waals surface area contributed by atoms with Gasteiger partial charge >= 0.3 is 5.97 Å². The standard InChI is InChI=1S/C17H22O4/c18-16(19)17(9-3-4-10-17)14-7-1-2-8-15(14)21-13-6-5-11-20-12-13/h1-2,7-8,13H,3-6,9-12H2,(H,18,19). The predicted octanol–water partition coefficient (Wildman–Crippen LogP) is 3.14. The highest BCUT2D eigenvalue weighted by atomic mass is 16.5. The second-order valence-electron chi connectivity index (χ2n) is 6.05. The molecule has 2 fully saturated rings. The van der Waals surface area contributed by atoms with Crippen LogP contribution in [0.4, 0.5) is 0 Å². The Bertz CT molecular complexity index is 499. The predicted molar refractivity (Wildman–Crippen MR) is 78.7 cm³/mol. The number of carboxylic acids is 1. The van der Waals surface area contributed by atoms with Gasteiger partial charge < -0.3 is 14.6 Å². The number of hydrogen-bond acceptors (Lipinski definition) is 3. The number of benzene rings is 1. The number of para-hydroxylation sites is 1. The van der Waals surface area contributed by atoms with E-state index in [-0.39, 0.29) is 6.10 Å². The van der Waals surface area contributed by atoms with E-state index in [0.717, 1.165) is 43.6 Å². The molecule has 1 aromatic rings. The molecule has 1 atom stereocenters. The van der Waals surface area contributed by atoms with Gasteiger partial charge in [0.05, 0.1) is 12.0 Å². The lowest BCUT2D eigenvalue weighted by molar-refractivity contribution is -0.143. The zero-order valence-corrected chi connectivity index (χ0v) is 12.2. The Kier molecular flexibility index (Phi) is 4.15. The Morgan fingerprint density at radius 1 is 1.24 bits per heavy atom. The van der Waals surface area contributed by atoms with E-state index in [9.17, 15) is 9.90 Å². The second kappa shape index (κ2) is 6.06. The third-order valence-corrected chi connectivity index (χ3v) is 4.68. The van der Waals surface area contributed by atoms with E-state index in [1.54, 1.807) is 0 Å². The fraction of sp³-hybridized carbons (Fsp3) is 0.588. The van der Waals surface area contributed by atoms with E-state index in [0.29, 0.717) is 19.4 Å². The Balaban J connectivity index is 1.89. The fourth-order valence-corrected chi connectivity index (χ4v) is 3.53. The summed E-state index contributed by atoms with van der Waals surface area (Å²) in [7, 11) is 0. The van der Waals surface area contributed by atoms with Crippen molar-refractivity contribution in [3.8, 4) is 5.75 Å². The molecule has 1 saturated heterocycles. The minimum atomic E-state index is -0.772. The summed E-state index contributed by atoms with van der Waals surface area (Å²) in [6, 6.07) is 7.63. The van der Waals surface area contributed by atoms with Crippen LogP contribution in [0.2, 0.25) is 0 Å². The van der Waals surface area contributed by atoms with Gasteiger partial charge in [-0.3, -0.25) is 4.79 Å². The molecule has 114 valence electrons. The maximum atomic E-state index is 11.9. The van der Waals surface area contributed by atoms with Crippen molar-refractivity contribution in [2.24, 2.45) is 0 Å². The second-order valence-corrected chi connectivity index (χ2v) is 6.05. The van der Waals surface area contributed by atoms with Gasteiger partial charge in [-0.15, -0.1) is 0 Å². The summed E-state index contributed by atoms with van der Waals surface area (Å²) < 4.78 is 11.5. The molecule has 1 N–H and O–H groups in total. The minimum Gasteiger partial charge on any atom is -0.488 e. The molecular weight excluding hydrogens is 268 g/mol. The van der Waals surface area contributed by atoms with Gasteiger partial charge in [-0.2, -0.15) is 0 Å². The zero-order valence-electron chi connectivity index (χ0n) is 12.2. The first kappa shape index (κ1) is 14.4. The molecule has 4 nitrogen and oxygen atoms in total. The smallest absolute Gasteiger partial charge is 0.314 e. The van der Waals surface area contributed by atoms with E-state index in [1.165, 1.54) is 0 Å². The molecule has 2 aliphatic rings. The van der Waals surface area contributed by atoms with Crippen molar-refractivity contribution < 1.29 is 19.4 Å². The van der Waals surface area contributed by atoms with Crippen molar-refractivity contribution in [2.75, 3.05) is 13.2 Å². The van der Waals surface area contributed by atoms with Crippen molar-refractivity contribution in [3.05, 3.63) is 29.8 Å². The van der Waals surface area contributed by atoms with Gasteiger partial charge in [-0.05, 0) is 31.7 Å². The van der Waals surface area contributed by atoms with Crippen LogP contribution in [0, 0.1) is 0 Å². The first-order valence-electron chi connectivity index (χ1n) is 7.80. The van der Waals surface area contributed by atoms with Crippen LogP contribution in [-0.2, 0) is 14.9 Å². The molecule has 0 spiro atoms. The Morgan fingerprint density at radius 3 is 2.67 bits per heavy atom. The van der Waals surface area contributed by atoms with Crippen molar-refractivity contribution in [3.63, 3.8) is 0 Å². The Morgan fingerprint density at radius 2 is 2.00 bits per heavy atom. The average Bonchev–Trinajstić information content (AvgIpc) is 3.00. The molecule has 1 aliphatic carbocycles. The first-order valence-corrected chi connectivity index (χ1v) is 7.80. The van der Waals surface area contributed by atoms with Crippen LogP contribution < -0.4 is 4.74 Å². The van der Waals surface area contributed by atoms with Crippen LogP contribution in [0.5, 0.6) is 5.75 Å². The van der Waals surface area contributed by atoms with Gasteiger partial charge in [0.2, 0.25) is 0 Å². The van der Waals surface area contributed by atoms with E-state index in [1.807, 2.05) is 24.3 Å². The highest BCUT2D eigenvalue weighted by Gasteiger charge is 2.44. The van der Waals surface area contributed by atoms with Crippen LogP contribution in [0.1, 0.15) is 44.1 Å². The van der Waals surface area contributed by atoms with E-state index in [2.05, 4.69) is 0 Å². The lowest BCUT2D eigenvalue weighted by Crippen LogP contribution is -2.34. The van der Waals surface area contributed by atoms with Crippen LogP contribution in [-0.4, -0.2) is 30.4 Å². The summed E-state index contributed by atoms with van der Waals surface area (Å²) in [6.07, 6.45) is 5.33. The minimum absolute atomic E-state index is 0.0344. The van der Waals surface area contributed by atoms with Crippen LogP contribution in [0.3, 0.4) is 0 Å². The number of hydrogen-bond donors (Lipinski definition) is 1. The summed E-state index contributed by atoms with van der Waals surface area (Å²) in [5.74, 6) is -0.00626. The lowest BCUT2D eigenvalue weighted by Gasteiger charge is -2.29. The molecule has 0 amide bonds. The molecule has 0 bridgehead atoms. The van der Waals surface area contributed by atoms with E-state index in [4.69, 9.17) is 9.47 Å². The van der Waals surface area contributed by atoms with Crippen molar-refractivity contribution in [2.45, 2.75) is 50.0 Å². The van der Waals surface area contributed by atoms with Gasteiger partial charge in [0, 0.05) is 12.2 Å². The number of rotatable bonds is 4. The lowest BCUT2D eigenvalue weighted by atomic mass is 9.78. The summed E-state index contributed by atoms with van der Waals surface area (Å²) >= 11 is 0. The molecular formula is C17H22O4. The molecule has 3 rings (SSSR count). The SMILES string of the molecule is O=C(O)C1(c2ccccc2OC2CCCOC2)CCCC1. The van der Waals surface area contributed by atoms with Crippen LogP contribution in [0.15, 0.2) is 24.3 Å². The number of aliphatic carboxylic acids is 1. The van der Waals surface area contributed by atoms with Crippen LogP contribution in [0.25, 0.3) is 0 Å². The molecule has 1 unspecified atom stereocenters. The number of ether oxygens (including phenoxy) is 2. The Hall–Kier alpha value is -1.55. The maximum Gasteiger partial charge on any atom is 0.314 e. The van der Waals surface area contributed by atoms with Gasteiger partial charge in [0.15, 0.2) is 0 Å². The van der Waals surface area contributed by atoms with Crippen LogP contribution >= 0.6 is 0 Å². The molecule has 0 aromatic heterocycles. The van der Waals surface area contributed by atoms with Crippen molar-refractivity contribution in [1.29, 1.82) is 0 Å².